The van der Waals surface area contributed by atoms with Crippen molar-refractivity contribution in [3.8, 4) is 0 Å². The van der Waals surface area contributed by atoms with Crippen LogP contribution in [0.4, 0.5) is 0 Å². The Morgan fingerprint density at radius 1 is 1.20 bits per heavy atom. The summed E-state index contributed by atoms with van der Waals surface area (Å²) in [5.41, 5.74) is 5.72. The molecule has 0 aromatic rings. The number of carboxylic acid groups (broad SMARTS) is 1. The number of carboxylic acids is 1. The predicted octanol–water partition coefficient (Wildman–Crippen LogP) is 0.0133. The lowest BCUT2D eigenvalue weighted by atomic mass is 9.92. The number of nitrogens with one attached hydrogen (secondary N) is 1. The van der Waals surface area contributed by atoms with Crippen molar-refractivity contribution in [1.82, 2.24) is 5.32 Å². The third kappa shape index (κ3) is 4.60. The Labute approximate surface area is 88.3 Å². The molecule has 1 saturated carbocycles. The number of carbonyl (C=O) groups is 2. The molecule has 0 atom stereocenters. The van der Waals surface area contributed by atoms with E-state index in [4.69, 9.17) is 10.8 Å². The van der Waals surface area contributed by atoms with Gasteiger partial charge in [0, 0.05) is 24.2 Å². The van der Waals surface area contributed by atoms with E-state index < -0.39 is 5.97 Å². The van der Waals surface area contributed by atoms with Crippen LogP contribution < -0.4 is 11.1 Å². The third-order valence-electron chi connectivity index (χ3n) is 2.50. The van der Waals surface area contributed by atoms with Gasteiger partial charge in [0.05, 0.1) is 0 Å². The summed E-state index contributed by atoms with van der Waals surface area (Å²) in [5, 5.41) is 11.1. The number of hydrogen-bond acceptors (Lipinski definition) is 3. The van der Waals surface area contributed by atoms with E-state index in [0.717, 1.165) is 37.8 Å². The van der Waals surface area contributed by atoms with Crippen LogP contribution in [0.5, 0.6) is 0 Å². The zero-order valence-corrected chi connectivity index (χ0v) is 8.48. The molecule has 15 heavy (non-hydrogen) atoms. The van der Waals surface area contributed by atoms with Crippen molar-refractivity contribution in [2.45, 2.75) is 37.8 Å². The maximum atomic E-state index is 11.2. The Hall–Kier alpha value is -1.36. The van der Waals surface area contributed by atoms with Crippen LogP contribution in [0.15, 0.2) is 12.2 Å². The lowest BCUT2D eigenvalue weighted by molar-refractivity contribution is -0.131. The molecule has 5 heteroatoms. The molecule has 0 radical (unpaired) electrons. The summed E-state index contributed by atoms with van der Waals surface area (Å²) in [6.45, 7) is 0. The van der Waals surface area contributed by atoms with E-state index in [2.05, 4.69) is 5.32 Å². The summed E-state index contributed by atoms with van der Waals surface area (Å²) < 4.78 is 0. The molecule has 1 rings (SSSR count). The quantitative estimate of drug-likeness (QED) is 0.575. The fraction of sp³-hybridized carbons (Fsp3) is 0.600. The van der Waals surface area contributed by atoms with Crippen LogP contribution in [0.2, 0.25) is 0 Å². The molecule has 0 heterocycles. The van der Waals surface area contributed by atoms with Crippen LogP contribution in [0.25, 0.3) is 0 Å². The van der Waals surface area contributed by atoms with Gasteiger partial charge in [-0.1, -0.05) is 0 Å². The highest BCUT2D eigenvalue weighted by Crippen LogP contribution is 2.16. The molecule has 5 nitrogen and oxygen atoms in total. The van der Waals surface area contributed by atoms with Gasteiger partial charge >= 0.3 is 5.97 Å². The predicted molar refractivity (Wildman–Crippen MR) is 55.1 cm³/mol. The standard InChI is InChI=1S/C10H16N2O3/c11-7-1-3-8(4-2-7)12-9(13)5-6-10(14)15/h5-8H,1-4,11H2,(H,12,13)(H,14,15)/b6-5+. The van der Waals surface area contributed by atoms with Crippen LogP contribution in [-0.4, -0.2) is 29.1 Å². The molecule has 0 bridgehead atoms. The molecule has 0 saturated heterocycles. The van der Waals surface area contributed by atoms with Crippen molar-refractivity contribution in [2.24, 2.45) is 5.73 Å². The molecule has 1 aliphatic rings. The highest BCUT2D eigenvalue weighted by atomic mass is 16.4. The fourth-order valence-electron chi connectivity index (χ4n) is 1.66. The van der Waals surface area contributed by atoms with Crippen LogP contribution in [0, 0.1) is 0 Å². The first kappa shape index (κ1) is 11.7. The molecule has 1 aliphatic carbocycles. The number of nitrogens with two attached hydrogens (primary N) is 1. The molecule has 84 valence electrons. The highest BCUT2D eigenvalue weighted by Gasteiger charge is 2.18. The first-order valence-corrected chi connectivity index (χ1v) is 5.05. The van der Waals surface area contributed by atoms with Crippen molar-refractivity contribution in [1.29, 1.82) is 0 Å². The number of carbonyl (C=O) groups excluding carboxylic acids is 1. The van der Waals surface area contributed by atoms with Gasteiger partial charge in [0.1, 0.15) is 0 Å². The summed E-state index contributed by atoms with van der Waals surface area (Å²) in [5.74, 6) is -1.46. The second-order valence-corrected chi connectivity index (χ2v) is 3.79. The summed E-state index contributed by atoms with van der Waals surface area (Å²) in [7, 11) is 0. The van der Waals surface area contributed by atoms with Crippen molar-refractivity contribution < 1.29 is 14.7 Å². The summed E-state index contributed by atoms with van der Waals surface area (Å²) in [6.07, 6.45) is 5.43. The zero-order chi connectivity index (χ0) is 11.3. The number of amides is 1. The van der Waals surface area contributed by atoms with Gasteiger partial charge in [-0.25, -0.2) is 4.79 Å². The average molecular weight is 212 g/mol. The van der Waals surface area contributed by atoms with Gasteiger partial charge in [0.2, 0.25) is 5.91 Å². The normalized spacial score (nSPS) is 26.5. The van der Waals surface area contributed by atoms with Gasteiger partial charge in [0.15, 0.2) is 0 Å². The van der Waals surface area contributed by atoms with E-state index in [1.165, 1.54) is 0 Å². The van der Waals surface area contributed by atoms with Gasteiger partial charge in [0.25, 0.3) is 0 Å². The van der Waals surface area contributed by atoms with Gasteiger partial charge in [-0.05, 0) is 25.7 Å². The van der Waals surface area contributed by atoms with Gasteiger partial charge in [-0.3, -0.25) is 4.79 Å². The second kappa shape index (κ2) is 5.50. The van der Waals surface area contributed by atoms with E-state index in [1.54, 1.807) is 0 Å². The van der Waals surface area contributed by atoms with E-state index >= 15 is 0 Å². The second-order valence-electron chi connectivity index (χ2n) is 3.79. The first-order valence-electron chi connectivity index (χ1n) is 5.05. The first-order chi connectivity index (χ1) is 7.08. The van der Waals surface area contributed by atoms with Gasteiger partial charge in [-0.2, -0.15) is 0 Å². The highest BCUT2D eigenvalue weighted by molar-refractivity contribution is 5.93. The SMILES string of the molecule is NC1CCC(NC(=O)/C=C/C(=O)O)CC1. The topological polar surface area (TPSA) is 92.4 Å². The Morgan fingerprint density at radius 3 is 2.33 bits per heavy atom. The Bertz CT molecular complexity index is 268. The third-order valence-corrected chi connectivity index (χ3v) is 2.50. The van der Waals surface area contributed by atoms with Gasteiger partial charge < -0.3 is 16.2 Å². The number of hydrogen-bond donors (Lipinski definition) is 3. The van der Waals surface area contributed by atoms with Crippen molar-refractivity contribution in [3.63, 3.8) is 0 Å². The molecule has 1 fully saturated rings. The minimum atomic E-state index is -1.11. The maximum Gasteiger partial charge on any atom is 0.328 e. The minimum absolute atomic E-state index is 0.135. The molecule has 0 unspecified atom stereocenters. The summed E-state index contributed by atoms with van der Waals surface area (Å²) in [6, 6.07) is 0.378. The Morgan fingerprint density at radius 2 is 1.80 bits per heavy atom. The van der Waals surface area contributed by atoms with Crippen molar-refractivity contribution in [2.75, 3.05) is 0 Å². The van der Waals surface area contributed by atoms with Crippen LogP contribution in [-0.2, 0) is 9.59 Å². The van der Waals surface area contributed by atoms with Crippen LogP contribution >= 0.6 is 0 Å². The largest absolute Gasteiger partial charge is 0.478 e. The molecule has 0 aromatic carbocycles. The molecular formula is C10H16N2O3. The van der Waals surface area contributed by atoms with Crippen LogP contribution in [0.1, 0.15) is 25.7 Å². The minimum Gasteiger partial charge on any atom is -0.478 e. The van der Waals surface area contributed by atoms with Crippen molar-refractivity contribution in [3.05, 3.63) is 12.2 Å². The smallest absolute Gasteiger partial charge is 0.328 e. The van der Waals surface area contributed by atoms with Crippen molar-refractivity contribution >= 4 is 11.9 Å². The summed E-state index contributed by atoms with van der Waals surface area (Å²) in [4.78, 5) is 21.4. The molecule has 0 aliphatic heterocycles. The number of aliphatic carboxylic acids is 1. The summed E-state index contributed by atoms with van der Waals surface area (Å²) >= 11 is 0. The molecule has 0 spiro atoms. The molecule has 0 aromatic heterocycles. The van der Waals surface area contributed by atoms with E-state index in [-0.39, 0.29) is 18.0 Å². The molecule has 4 N–H and O–H groups in total. The Kier molecular flexibility index (Phi) is 4.30. The van der Waals surface area contributed by atoms with E-state index in [1.807, 2.05) is 0 Å². The van der Waals surface area contributed by atoms with E-state index in [9.17, 15) is 9.59 Å². The lowest BCUT2D eigenvalue weighted by Crippen LogP contribution is -2.39. The molecule has 1 amide bonds. The molecular weight excluding hydrogens is 196 g/mol. The Balaban J connectivity index is 2.29. The monoisotopic (exact) mass is 212 g/mol. The zero-order valence-electron chi connectivity index (χ0n) is 8.48. The van der Waals surface area contributed by atoms with Crippen LogP contribution in [0.3, 0.4) is 0 Å². The average Bonchev–Trinajstić information content (AvgIpc) is 2.19. The number of rotatable bonds is 3. The van der Waals surface area contributed by atoms with Gasteiger partial charge in [-0.15, -0.1) is 0 Å². The maximum absolute atomic E-state index is 11.2. The lowest BCUT2D eigenvalue weighted by Gasteiger charge is -2.26. The van der Waals surface area contributed by atoms with E-state index in [0.29, 0.717) is 0 Å². The fourth-order valence-corrected chi connectivity index (χ4v) is 1.66.